The van der Waals surface area contributed by atoms with Gasteiger partial charge in [0.1, 0.15) is 6.17 Å². The topological polar surface area (TPSA) is 97.9 Å². The molecule has 2 saturated heterocycles. The van der Waals surface area contributed by atoms with Crippen molar-refractivity contribution in [3.05, 3.63) is 34.9 Å². The number of aryl methyl sites for hydroxylation is 1. The normalized spacial score (nSPS) is 32.1. The monoisotopic (exact) mass is 411 g/mol. The maximum atomic E-state index is 12.8. The number of carbonyl (C=O) groups excluding carboxylic acids is 1. The summed E-state index contributed by atoms with van der Waals surface area (Å²) in [6, 6.07) is 5.75. The molecule has 1 amide bonds. The first kappa shape index (κ1) is 20.6. The van der Waals surface area contributed by atoms with Gasteiger partial charge in [-0.15, -0.1) is 0 Å². The number of β-amino-alcohol motifs (C(OH)–C–C–N with tert-alkyl or cyclic N) is 1. The number of amides is 1. The molecule has 2 fully saturated rings. The average Bonchev–Trinajstić information content (AvgIpc) is 3.40. The van der Waals surface area contributed by atoms with Crippen molar-refractivity contribution in [2.75, 3.05) is 19.7 Å². The fourth-order valence-corrected chi connectivity index (χ4v) is 4.32. The summed E-state index contributed by atoms with van der Waals surface area (Å²) in [5.74, 6) is -0.181. The van der Waals surface area contributed by atoms with Crippen LogP contribution in [-0.4, -0.2) is 54.4 Å². The first-order valence-electron chi connectivity index (χ1n) is 9.96. The van der Waals surface area contributed by atoms with Gasteiger partial charge in [0.2, 0.25) is 5.91 Å². The molecule has 0 bridgehead atoms. The molecule has 0 spiro atoms. The average molecular weight is 411 g/mol. The first-order chi connectivity index (χ1) is 14.0. The number of alkyl halides is 2. The lowest BCUT2D eigenvalue weighted by Gasteiger charge is -2.19. The Morgan fingerprint density at radius 2 is 2.28 bits per heavy atom. The molecule has 29 heavy (non-hydrogen) atoms. The lowest BCUT2D eigenvalue weighted by Crippen LogP contribution is -2.39. The van der Waals surface area contributed by atoms with Crippen LogP contribution in [0.2, 0.25) is 0 Å². The summed E-state index contributed by atoms with van der Waals surface area (Å²) >= 11 is 0. The molecule has 4 unspecified atom stereocenters. The summed E-state index contributed by atoms with van der Waals surface area (Å²) in [5, 5.41) is 16.8. The smallest absolute Gasteiger partial charge is 0.279 e. The number of carbonyl (C=O) groups is 1. The third kappa shape index (κ3) is 4.27. The second-order valence-corrected chi connectivity index (χ2v) is 7.84. The summed E-state index contributed by atoms with van der Waals surface area (Å²) in [6.45, 7) is 3.06. The van der Waals surface area contributed by atoms with Crippen molar-refractivity contribution in [2.24, 2.45) is 5.92 Å². The molecular formula is C19H27F2N5O3. The Labute approximate surface area is 167 Å². The van der Waals surface area contributed by atoms with E-state index in [4.69, 9.17) is 9.94 Å². The first-order valence-corrected chi connectivity index (χ1v) is 9.96. The van der Waals surface area contributed by atoms with Crippen LogP contribution in [-0.2, 0) is 16.1 Å². The molecule has 10 heteroatoms. The number of hydroxylamine groups is 1. The number of aliphatic hydroxyl groups is 1. The Morgan fingerprint density at radius 1 is 1.45 bits per heavy atom. The van der Waals surface area contributed by atoms with Crippen molar-refractivity contribution in [1.29, 1.82) is 0 Å². The largest absolute Gasteiger partial charge is 0.395 e. The number of nitrogens with one attached hydrogen (secondary N) is 4. The number of fused-ring (bicyclic) bond motifs is 1. The second kappa shape index (κ2) is 8.58. The zero-order valence-electron chi connectivity index (χ0n) is 16.2. The van der Waals surface area contributed by atoms with Crippen molar-refractivity contribution < 1.29 is 23.5 Å². The number of hydrogen-bond donors (Lipinski definition) is 5. The van der Waals surface area contributed by atoms with Gasteiger partial charge in [-0.1, -0.05) is 18.2 Å². The Kier molecular flexibility index (Phi) is 6.09. The highest BCUT2D eigenvalue weighted by atomic mass is 19.3. The van der Waals surface area contributed by atoms with Crippen LogP contribution in [0.1, 0.15) is 42.2 Å². The summed E-state index contributed by atoms with van der Waals surface area (Å²) in [6.07, 6.45) is -2.80. The summed E-state index contributed by atoms with van der Waals surface area (Å²) in [7, 11) is 0. The van der Waals surface area contributed by atoms with Crippen LogP contribution < -0.4 is 21.5 Å². The van der Waals surface area contributed by atoms with Gasteiger partial charge in [-0.3, -0.25) is 20.4 Å². The van der Waals surface area contributed by atoms with Crippen molar-refractivity contribution in [3.8, 4) is 0 Å². The second-order valence-electron chi connectivity index (χ2n) is 7.84. The molecule has 1 aromatic rings. The van der Waals surface area contributed by atoms with Crippen LogP contribution in [0, 0.1) is 5.92 Å². The van der Waals surface area contributed by atoms with E-state index < -0.39 is 18.8 Å². The Morgan fingerprint density at radius 3 is 3.00 bits per heavy atom. The highest BCUT2D eigenvalue weighted by Crippen LogP contribution is 2.34. The molecule has 160 valence electrons. The van der Waals surface area contributed by atoms with E-state index in [1.165, 1.54) is 0 Å². The number of hydrazine groups is 1. The molecule has 1 aliphatic carbocycles. The van der Waals surface area contributed by atoms with E-state index in [-0.39, 0.29) is 30.5 Å². The van der Waals surface area contributed by atoms with Crippen molar-refractivity contribution >= 4 is 5.91 Å². The fourth-order valence-electron chi connectivity index (χ4n) is 4.32. The third-order valence-corrected chi connectivity index (χ3v) is 5.88. The van der Waals surface area contributed by atoms with E-state index in [1.807, 2.05) is 30.1 Å². The molecule has 2 aliphatic heterocycles. The summed E-state index contributed by atoms with van der Waals surface area (Å²) in [4.78, 5) is 17.7. The van der Waals surface area contributed by atoms with Crippen molar-refractivity contribution in [3.63, 3.8) is 0 Å². The molecule has 1 aromatic carbocycles. The number of benzene rings is 1. The Hall–Kier alpha value is -1.69. The van der Waals surface area contributed by atoms with Gasteiger partial charge in [0.05, 0.1) is 18.6 Å². The number of halogens is 2. The third-order valence-electron chi connectivity index (χ3n) is 5.88. The van der Waals surface area contributed by atoms with Crippen LogP contribution in [0.15, 0.2) is 18.2 Å². The molecule has 5 N–H and O–H groups in total. The van der Waals surface area contributed by atoms with Crippen molar-refractivity contribution in [1.82, 2.24) is 26.5 Å². The predicted molar refractivity (Wildman–Crippen MR) is 100 cm³/mol. The lowest BCUT2D eigenvalue weighted by atomic mass is 10.0. The SMILES string of the molecule is CC1NN(CCO)CC1C(=O)N[C@@H]1CCc2cc(C3NOC(C(F)F)N3)ccc21. The van der Waals surface area contributed by atoms with Gasteiger partial charge in [-0.05, 0) is 36.5 Å². The van der Waals surface area contributed by atoms with Gasteiger partial charge < -0.3 is 10.4 Å². The van der Waals surface area contributed by atoms with Gasteiger partial charge >= 0.3 is 0 Å². The number of nitrogens with zero attached hydrogens (tertiary/aromatic N) is 1. The number of aliphatic hydroxyl groups excluding tert-OH is 1. The van der Waals surface area contributed by atoms with Gasteiger partial charge in [0.15, 0.2) is 6.23 Å². The van der Waals surface area contributed by atoms with E-state index in [0.717, 1.165) is 29.5 Å². The van der Waals surface area contributed by atoms with Crippen LogP contribution in [0.5, 0.6) is 0 Å². The Bertz CT molecular complexity index is 753. The molecule has 5 atom stereocenters. The minimum atomic E-state index is -2.61. The zero-order chi connectivity index (χ0) is 20.5. The highest BCUT2D eigenvalue weighted by Gasteiger charge is 2.37. The van der Waals surface area contributed by atoms with E-state index in [2.05, 4.69) is 21.5 Å². The van der Waals surface area contributed by atoms with E-state index in [9.17, 15) is 13.6 Å². The molecule has 3 aliphatic rings. The van der Waals surface area contributed by atoms with Gasteiger partial charge in [0, 0.05) is 19.1 Å². The highest BCUT2D eigenvalue weighted by molar-refractivity contribution is 5.80. The van der Waals surface area contributed by atoms with E-state index in [0.29, 0.717) is 13.1 Å². The molecule has 4 rings (SSSR count). The van der Waals surface area contributed by atoms with E-state index >= 15 is 0 Å². The molecular weight excluding hydrogens is 384 g/mol. The van der Waals surface area contributed by atoms with Crippen LogP contribution in [0.25, 0.3) is 0 Å². The van der Waals surface area contributed by atoms with Crippen LogP contribution >= 0.6 is 0 Å². The lowest BCUT2D eigenvalue weighted by molar-refractivity contribution is -0.125. The van der Waals surface area contributed by atoms with Crippen LogP contribution in [0.3, 0.4) is 0 Å². The zero-order valence-corrected chi connectivity index (χ0v) is 16.2. The maximum absolute atomic E-state index is 12.8. The molecule has 0 aromatic heterocycles. The minimum absolute atomic E-state index is 0.000308. The van der Waals surface area contributed by atoms with E-state index in [1.54, 1.807) is 0 Å². The van der Waals surface area contributed by atoms with Crippen LogP contribution in [0.4, 0.5) is 8.78 Å². The molecule has 0 radical (unpaired) electrons. The maximum Gasteiger partial charge on any atom is 0.279 e. The predicted octanol–water partition coefficient (Wildman–Crippen LogP) is 0.322. The van der Waals surface area contributed by atoms with Gasteiger partial charge in [-0.2, -0.15) is 5.48 Å². The summed E-state index contributed by atoms with van der Waals surface area (Å²) < 4.78 is 25.5. The Balaban J connectivity index is 1.39. The van der Waals surface area contributed by atoms with Gasteiger partial charge in [0.25, 0.3) is 6.43 Å². The fraction of sp³-hybridized carbons (Fsp3) is 0.632. The molecule has 0 saturated carbocycles. The van der Waals surface area contributed by atoms with Gasteiger partial charge in [-0.25, -0.2) is 13.8 Å². The number of rotatable bonds is 6. The number of hydrogen-bond acceptors (Lipinski definition) is 7. The quantitative estimate of drug-likeness (QED) is 0.460. The minimum Gasteiger partial charge on any atom is -0.395 e. The van der Waals surface area contributed by atoms with Crippen molar-refractivity contribution in [2.45, 2.75) is 50.7 Å². The molecule has 2 heterocycles. The summed E-state index contributed by atoms with van der Waals surface area (Å²) in [5.41, 5.74) is 8.82. The standard InChI is InChI=1S/C19H27F2N5O3/c1-10-14(9-26(24-10)6-7-27)18(28)22-15-5-3-11-8-12(2-4-13(11)15)17-23-19(16(20)21)29-25-17/h2,4,8,10,14-17,19,23-25,27H,3,5-7,9H2,1H3,(H,22,28)/t10?,14?,15-,17?,19?/m1/s1. The molecule has 8 nitrogen and oxygen atoms in total.